The Morgan fingerprint density at radius 2 is 1.62 bits per heavy atom. The zero-order valence-electron chi connectivity index (χ0n) is 9.76. The molecule has 1 aromatic carbocycles. The number of piperazine rings is 1. The number of anilines is 2. The summed E-state index contributed by atoms with van der Waals surface area (Å²) in [7, 11) is 2.27. The number of fused-ring (bicyclic) bond motifs is 2. The lowest BCUT2D eigenvalue weighted by atomic mass is 10.1. The summed E-state index contributed by atoms with van der Waals surface area (Å²) >= 11 is 0. The molecule has 0 aliphatic carbocycles. The summed E-state index contributed by atoms with van der Waals surface area (Å²) in [6.45, 7) is 2.33. The van der Waals surface area contributed by atoms with Crippen LogP contribution in [0.25, 0.3) is 0 Å². The fraction of sp³-hybridized carbons (Fsp3) is 0.538. The van der Waals surface area contributed by atoms with E-state index in [0.29, 0.717) is 0 Å². The lowest BCUT2D eigenvalue weighted by Gasteiger charge is -2.40. The number of rotatable bonds is 1. The van der Waals surface area contributed by atoms with Gasteiger partial charge < -0.3 is 10.6 Å². The first kappa shape index (κ1) is 9.97. The molecule has 16 heavy (non-hydrogen) atoms. The Morgan fingerprint density at radius 3 is 2.19 bits per heavy atom. The van der Waals surface area contributed by atoms with Gasteiger partial charge in [-0.25, -0.2) is 0 Å². The topological polar surface area (TPSA) is 32.5 Å². The number of nitrogens with zero attached hydrogens (tertiary/aromatic N) is 2. The minimum absolute atomic E-state index is 0.747. The van der Waals surface area contributed by atoms with Crippen LogP contribution in [0.15, 0.2) is 24.3 Å². The van der Waals surface area contributed by atoms with Gasteiger partial charge in [-0.2, -0.15) is 0 Å². The van der Waals surface area contributed by atoms with Crippen LogP contribution in [0, 0.1) is 0 Å². The SMILES string of the molecule is CN1C2CCC1CN(c1ccc(N)cc1)C2. The molecule has 0 saturated carbocycles. The van der Waals surface area contributed by atoms with Crippen LogP contribution in [0.2, 0.25) is 0 Å². The molecule has 2 unspecified atom stereocenters. The summed E-state index contributed by atoms with van der Waals surface area (Å²) in [5, 5.41) is 0. The molecule has 2 fully saturated rings. The molecule has 2 N–H and O–H groups in total. The van der Waals surface area contributed by atoms with Crippen LogP contribution in [0.5, 0.6) is 0 Å². The van der Waals surface area contributed by atoms with Crippen molar-refractivity contribution in [1.82, 2.24) is 4.90 Å². The van der Waals surface area contributed by atoms with Gasteiger partial charge in [-0.05, 0) is 44.2 Å². The van der Waals surface area contributed by atoms with E-state index in [0.717, 1.165) is 30.9 Å². The molecule has 1 aromatic rings. The van der Waals surface area contributed by atoms with Crippen LogP contribution in [0.3, 0.4) is 0 Å². The van der Waals surface area contributed by atoms with E-state index in [9.17, 15) is 0 Å². The molecule has 86 valence electrons. The van der Waals surface area contributed by atoms with Crippen LogP contribution in [-0.2, 0) is 0 Å². The fourth-order valence-corrected chi connectivity index (χ4v) is 3.01. The summed E-state index contributed by atoms with van der Waals surface area (Å²) in [6, 6.07) is 9.76. The van der Waals surface area contributed by atoms with Crippen molar-refractivity contribution in [2.45, 2.75) is 24.9 Å². The molecule has 2 heterocycles. The summed E-state index contributed by atoms with van der Waals surface area (Å²) < 4.78 is 0. The predicted octanol–water partition coefficient (Wildman–Crippen LogP) is 1.55. The minimum atomic E-state index is 0.747. The first-order valence-corrected chi connectivity index (χ1v) is 6.06. The minimum Gasteiger partial charge on any atom is -0.399 e. The van der Waals surface area contributed by atoms with Gasteiger partial charge in [-0.15, -0.1) is 0 Å². The highest BCUT2D eigenvalue weighted by Crippen LogP contribution is 2.31. The number of hydrogen-bond donors (Lipinski definition) is 1. The van der Waals surface area contributed by atoms with Gasteiger partial charge in [-0.1, -0.05) is 0 Å². The van der Waals surface area contributed by atoms with Crippen molar-refractivity contribution in [3.8, 4) is 0 Å². The molecule has 0 amide bonds. The van der Waals surface area contributed by atoms with E-state index in [1.807, 2.05) is 12.1 Å². The number of likely N-dealkylation sites (N-methyl/N-ethyl adjacent to an activating group) is 1. The number of nitrogens with two attached hydrogens (primary N) is 1. The first-order chi connectivity index (χ1) is 7.74. The smallest absolute Gasteiger partial charge is 0.0368 e. The van der Waals surface area contributed by atoms with Gasteiger partial charge in [0.05, 0.1) is 0 Å². The van der Waals surface area contributed by atoms with Crippen molar-refractivity contribution in [1.29, 1.82) is 0 Å². The van der Waals surface area contributed by atoms with Crippen molar-refractivity contribution >= 4 is 11.4 Å². The third-order valence-corrected chi connectivity index (χ3v) is 4.11. The van der Waals surface area contributed by atoms with Crippen LogP contribution in [-0.4, -0.2) is 37.1 Å². The normalized spacial score (nSPS) is 29.7. The summed E-state index contributed by atoms with van der Waals surface area (Å²) in [5.41, 5.74) is 7.89. The maximum Gasteiger partial charge on any atom is 0.0368 e. The van der Waals surface area contributed by atoms with E-state index >= 15 is 0 Å². The van der Waals surface area contributed by atoms with Crippen molar-refractivity contribution in [2.75, 3.05) is 30.8 Å². The highest BCUT2D eigenvalue weighted by atomic mass is 15.3. The van der Waals surface area contributed by atoms with Crippen molar-refractivity contribution in [2.24, 2.45) is 0 Å². The van der Waals surface area contributed by atoms with Gasteiger partial charge in [0.2, 0.25) is 0 Å². The van der Waals surface area contributed by atoms with Gasteiger partial charge >= 0.3 is 0 Å². The molecule has 2 atom stereocenters. The monoisotopic (exact) mass is 217 g/mol. The average molecular weight is 217 g/mol. The Hall–Kier alpha value is -1.22. The molecule has 2 aliphatic rings. The van der Waals surface area contributed by atoms with Crippen molar-refractivity contribution in [3.05, 3.63) is 24.3 Å². The zero-order valence-corrected chi connectivity index (χ0v) is 9.76. The summed E-state index contributed by atoms with van der Waals surface area (Å²) in [5.74, 6) is 0. The standard InChI is InChI=1S/C13H19N3/c1-15-12-6-7-13(15)9-16(8-12)11-4-2-10(14)3-5-11/h2-5,12-13H,6-9,14H2,1H3. The van der Waals surface area contributed by atoms with Gasteiger partial charge in [0.1, 0.15) is 0 Å². The van der Waals surface area contributed by atoms with Crippen molar-refractivity contribution < 1.29 is 0 Å². The molecule has 3 heteroatoms. The third-order valence-electron chi connectivity index (χ3n) is 4.11. The van der Waals surface area contributed by atoms with Crippen molar-refractivity contribution in [3.63, 3.8) is 0 Å². The average Bonchev–Trinajstić information content (AvgIpc) is 2.54. The van der Waals surface area contributed by atoms with E-state index in [-0.39, 0.29) is 0 Å². The highest BCUT2D eigenvalue weighted by molar-refractivity contribution is 5.53. The maximum absolute atomic E-state index is 5.72. The second-order valence-electron chi connectivity index (χ2n) is 5.05. The number of hydrogen-bond acceptors (Lipinski definition) is 3. The summed E-state index contributed by atoms with van der Waals surface area (Å²) in [4.78, 5) is 5.05. The molecular weight excluding hydrogens is 198 g/mol. The Kier molecular flexibility index (Phi) is 2.28. The number of benzene rings is 1. The van der Waals surface area contributed by atoms with Gasteiger partial charge in [-0.3, -0.25) is 4.90 Å². The summed E-state index contributed by atoms with van der Waals surface area (Å²) in [6.07, 6.45) is 2.71. The number of nitrogen functional groups attached to an aromatic ring is 1. The predicted molar refractivity (Wildman–Crippen MR) is 67.6 cm³/mol. The van der Waals surface area contributed by atoms with Crippen LogP contribution >= 0.6 is 0 Å². The molecule has 0 aromatic heterocycles. The molecular formula is C13H19N3. The van der Waals surface area contributed by atoms with E-state index in [4.69, 9.17) is 5.73 Å². The maximum atomic E-state index is 5.72. The quantitative estimate of drug-likeness (QED) is 0.724. The van der Waals surface area contributed by atoms with E-state index in [1.165, 1.54) is 18.5 Å². The second kappa shape index (κ2) is 3.67. The second-order valence-corrected chi connectivity index (χ2v) is 5.05. The Bertz CT molecular complexity index is 359. The van der Waals surface area contributed by atoms with Crippen LogP contribution in [0.1, 0.15) is 12.8 Å². The largest absolute Gasteiger partial charge is 0.399 e. The molecule has 2 aliphatic heterocycles. The van der Waals surface area contributed by atoms with Gasteiger partial charge in [0, 0.05) is 36.5 Å². The Balaban J connectivity index is 1.80. The van der Waals surface area contributed by atoms with Crippen LogP contribution in [0.4, 0.5) is 11.4 Å². The lowest BCUT2D eigenvalue weighted by Crippen LogP contribution is -2.51. The Labute approximate surface area is 96.8 Å². The molecule has 2 bridgehead atoms. The molecule has 3 rings (SSSR count). The lowest BCUT2D eigenvalue weighted by molar-refractivity contribution is 0.212. The van der Waals surface area contributed by atoms with E-state index in [2.05, 4.69) is 29.0 Å². The van der Waals surface area contributed by atoms with E-state index in [1.54, 1.807) is 0 Å². The molecule has 3 nitrogen and oxygen atoms in total. The third kappa shape index (κ3) is 1.55. The highest BCUT2D eigenvalue weighted by Gasteiger charge is 2.37. The fourth-order valence-electron chi connectivity index (χ4n) is 3.01. The van der Waals surface area contributed by atoms with Crippen LogP contribution < -0.4 is 10.6 Å². The van der Waals surface area contributed by atoms with E-state index < -0.39 is 0 Å². The first-order valence-electron chi connectivity index (χ1n) is 6.06. The zero-order chi connectivity index (χ0) is 11.1. The molecule has 0 radical (unpaired) electrons. The Morgan fingerprint density at radius 1 is 1.06 bits per heavy atom. The van der Waals surface area contributed by atoms with Gasteiger partial charge in [0.25, 0.3) is 0 Å². The van der Waals surface area contributed by atoms with Gasteiger partial charge in [0.15, 0.2) is 0 Å². The molecule has 2 saturated heterocycles. The molecule has 0 spiro atoms.